The molecule has 2 aromatic rings. The Bertz CT molecular complexity index is 469. The monoisotopic (exact) mass is 276 g/mol. The zero-order chi connectivity index (χ0) is 11.4. The molecule has 0 atom stereocenters. The number of aromatic nitrogens is 1. The van der Waals surface area contributed by atoms with Crippen molar-refractivity contribution in [3.8, 4) is 0 Å². The van der Waals surface area contributed by atoms with Crippen molar-refractivity contribution in [1.29, 1.82) is 0 Å². The number of halogens is 1. The fourth-order valence-corrected chi connectivity index (χ4v) is 1.86. The zero-order valence-corrected chi connectivity index (χ0v) is 10.7. The molecule has 0 fully saturated rings. The highest BCUT2D eigenvalue weighted by Crippen LogP contribution is 2.23. The van der Waals surface area contributed by atoms with E-state index in [-0.39, 0.29) is 0 Å². The predicted molar refractivity (Wildman–Crippen MR) is 70.4 cm³/mol. The normalized spacial score (nSPS) is 10.1. The van der Waals surface area contributed by atoms with Crippen LogP contribution < -0.4 is 5.32 Å². The average Bonchev–Trinajstić information content (AvgIpc) is 2.32. The summed E-state index contributed by atoms with van der Waals surface area (Å²) >= 11 is 3.53. The van der Waals surface area contributed by atoms with E-state index in [1.165, 1.54) is 11.1 Å². The summed E-state index contributed by atoms with van der Waals surface area (Å²) in [7, 11) is 0. The van der Waals surface area contributed by atoms with Crippen LogP contribution in [-0.2, 0) is 6.54 Å². The molecule has 0 saturated carbocycles. The Morgan fingerprint density at radius 1 is 1.19 bits per heavy atom. The molecule has 0 unspecified atom stereocenters. The summed E-state index contributed by atoms with van der Waals surface area (Å²) < 4.78 is 1.09. The summed E-state index contributed by atoms with van der Waals surface area (Å²) in [6.07, 6.45) is 3.62. The van der Waals surface area contributed by atoms with Crippen molar-refractivity contribution < 1.29 is 0 Å². The molecule has 1 aromatic heterocycles. The van der Waals surface area contributed by atoms with E-state index in [9.17, 15) is 0 Å². The Labute approximate surface area is 104 Å². The first-order valence-electron chi connectivity index (χ1n) is 5.14. The Kier molecular flexibility index (Phi) is 3.57. The van der Waals surface area contributed by atoms with Gasteiger partial charge in [0.1, 0.15) is 0 Å². The van der Waals surface area contributed by atoms with Gasteiger partial charge in [-0.05, 0) is 58.2 Å². The highest BCUT2D eigenvalue weighted by Gasteiger charge is 1.99. The minimum atomic E-state index is 0.810. The van der Waals surface area contributed by atoms with Gasteiger partial charge in [-0.1, -0.05) is 6.07 Å². The lowest BCUT2D eigenvalue weighted by Crippen LogP contribution is -2.00. The number of hydrogen-bond acceptors (Lipinski definition) is 2. The number of nitrogens with one attached hydrogen (secondary N) is 1. The van der Waals surface area contributed by atoms with Crippen LogP contribution in [0.3, 0.4) is 0 Å². The quantitative estimate of drug-likeness (QED) is 0.923. The van der Waals surface area contributed by atoms with E-state index in [1.807, 2.05) is 24.5 Å². The van der Waals surface area contributed by atoms with Gasteiger partial charge >= 0.3 is 0 Å². The molecular weight excluding hydrogens is 264 g/mol. The summed E-state index contributed by atoms with van der Waals surface area (Å²) in [4.78, 5) is 4.00. The molecule has 0 radical (unpaired) electrons. The predicted octanol–water partition coefficient (Wildman–Crippen LogP) is 3.76. The Morgan fingerprint density at radius 2 is 1.94 bits per heavy atom. The largest absolute Gasteiger partial charge is 0.380 e. The number of hydrogen-bond donors (Lipinski definition) is 1. The molecule has 2 rings (SSSR count). The SMILES string of the molecule is Cc1ccc(Br)c(NCc2ccncc2)c1. The van der Waals surface area contributed by atoms with Gasteiger partial charge in [0.05, 0.1) is 0 Å². The highest BCUT2D eigenvalue weighted by atomic mass is 79.9. The zero-order valence-electron chi connectivity index (χ0n) is 9.07. The fourth-order valence-electron chi connectivity index (χ4n) is 1.47. The number of nitrogens with zero attached hydrogens (tertiary/aromatic N) is 1. The van der Waals surface area contributed by atoms with Gasteiger partial charge in [0.25, 0.3) is 0 Å². The smallest absolute Gasteiger partial charge is 0.0489 e. The number of rotatable bonds is 3. The molecule has 0 aliphatic heterocycles. The second-order valence-electron chi connectivity index (χ2n) is 3.69. The third kappa shape index (κ3) is 2.83. The number of pyridine rings is 1. The first-order valence-corrected chi connectivity index (χ1v) is 5.94. The molecule has 2 nitrogen and oxygen atoms in total. The molecule has 1 N–H and O–H groups in total. The molecule has 0 amide bonds. The lowest BCUT2D eigenvalue weighted by molar-refractivity contribution is 1.12. The molecule has 0 aliphatic carbocycles. The third-order valence-electron chi connectivity index (χ3n) is 2.35. The van der Waals surface area contributed by atoms with Crippen molar-refractivity contribution in [1.82, 2.24) is 4.98 Å². The van der Waals surface area contributed by atoms with Crippen LogP contribution in [0.4, 0.5) is 5.69 Å². The average molecular weight is 277 g/mol. The standard InChI is InChI=1S/C13H13BrN2/c1-10-2-3-12(14)13(8-10)16-9-11-4-6-15-7-5-11/h2-8,16H,9H2,1H3. The molecule has 0 spiro atoms. The first-order chi connectivity index (χ1) is 7.75. The molecule has 0 bridgehead atoms. The Hall–Kier alpha value is -1.35. The van der Waals surface area contributed by atoms with Gasteiger partial charge in [0.2, 0.25) is 0 Å². The van der Waals surface area contributed by atoms with Gasteiger partial charge in [-0.15, -0.1) is 0 Å². The van der Waals surface area contributed by atoms with Crippen molar-refractivity contribution in [2.45, 2.75) is 13.5 Å². The summed E-state index contributed by atoms with van der Waals surface area (Å²) in [5.74, 6) is 0. The van der Waals surface area contributed by atoms with Crippen molar-refractivity contribution in [3.63, 3.8) is 0 Å². The van der Waals surface area contributed by atoms with Crippen molar-refractivity contribution in [3.05, 3.63) is 58.3 Å². The number of anilines is 1. The van der Waals surface area contributed by atoms with E-state index >= 15 is 0 Å². The third-order valence-corrected chi connectivity index (χ3v) is 3.05. The van der Waals surface area contributed by atoms with Gasteiger partial charge in [0.15, 0.2) is 0 Å². The number of benzene rings is 1. The van der Waals surface area contributed by atoms with E-state index in [0.29, 0.717) is 0 Å². The molecule has 82 valence electrons. The Balaban J connectivity index is 2.08. The molecule has 1 heterocycles. The van der Waals surface area contributed by atoms with E-state index in [0.717, 1.165) is 16.7 Å². The van der Waals surface area contributed by atoms with Crippen LogP contribution in [0.1, 0.15) is 11.1 Å². The maximum absolute atomic E-state index is 4.00. The second-order valence-corrected chi connectivity index (χ2v) is 4.55. The van der Waals surface area contributed by atoms with Gasteiger partial charge in [0, 0.05) is 29.1 Å². The van der Waals surface area contributed by atoms with Crippen LogP contribution >= 0.6 is 15.9 Å². The maximum Gasteiger partial charge on any atom is 0.0489 e. The van der Waals surface area contributed by atoms with Crippen LogP contribution in [0.5, 0.6) is 0 Å². The summed E-state index contributed by atoms with van der Waals surface area (Å²) in [6, 6.07) is 10.3. The molecule has 3 heteroatoms. The van der Waals surface area contributed by atoms with Gasteiger partial charge in [-0.3, -0.25) is 4.98 Å². The van der Waals surface area contributed by atoms with Crippen LogP contribution in [-0.4, -0.2) is 4.98 Å². The van der Waals surface area contributed by atoms with E-state index in [1.54, 1.807) is 0 Å². The van der Waals surface area contributed by atoms with Crippen molar-refractivity contribution in [2.75, 3.05) is 5.32 Å². The molecule has 0 aliphatic rings. The van der Waals surface area contributed by atoms with Crippen LogP contribution in [0.25, 0.3) is 0 Å². The number of aryl methyl sites for hydroxylation is 1. The summed E-state index contributed by atoms with van der Waals surface area (Å²) in [6.45, 7) is 2.90. The summed E-state index contributed by atoms with van der Waals surface area (Å²) in [5, 5.41) is 3.40. The van der Waals surface area contributed by atoms with Crippen LogP contribution in [0.2, 0.25) is 0 Å². The second kappa shape index (κ2) is 5.12. The van der Waals surface area contributed by atoms with Crippen LogP contribution in [0.15, 0.2) is 47.2 Å². The molecule has 16 heavy (non-hydrogen) atoms. The topological polar surface area (TPSA) is 24.9 Å². The highest BCUT2D eigenvalue weighted by molar-refractivity contribution is 9.10. The Morgan fingerprint density at radius 3 is 2.69 bits per heavy atom. The van der Waals surface area contributed by atoms with E-state index in [4.69, 9.17) is 0 Å². The minimum absolute atomic E-state index is 0.810. The molecular formula is C13H13BrN2. The van der Waals surface area contributed by atoms with Gasteiger partial charge in [-0.2, -0.15) is 0 Å². The lowest BCUT2D eigenvalue weighted by Gasteiger charge is -2.09. The van der Waals surface area contributed by atoms with Gasteiger partial charge < -0.3 is 5.32 Å². The van der Waals surface area contributed by atoms with Crippen molar-refractivity contribution in [2.24, 2.45) is 0 Å². The first kappa shape index (κ1) is 11.1. The fraction of sp³-hybridized carbons (Fsp3) is 0.154. The van der Waals surface area contributed by atoms with E-state index in [2.05, 4.69) is 51.4 Å². The molecule has 1 aromatic carbocycles. The maximum atomic E-state index is 4.00. The molecule has 0 saturated heterocycles. The van der Waals surface area contributed by atoms with Crippen LogP contribution in [0, 0.1) is 6.92 Å². The van der Waals surface area contributed by atoms with Crippen molar-refractivity contribution >= 4 is 21.6 Å². The minimum Gasteiger partial charge on any atom is -0.380 e. The summed E-state index contributed by atoms with van der Waals surface area (Å²) in [5.41, 5.74) is 3.60. The van der Waals surface area contributed by atoms with Gasteiger partial charge in [-0.25, -0.2) is 0 Å². The lowest BCUT2D eigenvalue weighted by atomic mass is 10.2. The van der Waals surface area contributed by atoms with E-state index < -0.39 is 0 Å².